The maximum Gasteiger partial charge on any atom is 0.213 e. The van der Waals surface area contributed by atoms with E-state index in [2.05, 4.69) is 11.4 Å². The number of ether oxygens (including phenoxy) is 2. The summed E-state index contributed by atoms with van der Waals surface area (Å²) < 4.78 is 11.2. The van der Waals surface area contributed by atoms with E-state index in [-0.39, 0.29) is 5.90 Å². The summed E-state index contributed by atoms with van der Waals surface area (Å²) >= 11 is 0. The van der Waals surface area contributed by atoms with Crippen molar-refractivity contribution in [1.29, 1.82) is 5.41 Å². The minimum Gasteiger partial charge on any atom is -0.478 e. The molecule has 2 aromatic carbocycles. The van der Waals surface area contributed by atoms with Crippen LogP contribution in [-0.2, 0) is 11.3 Å². The van der Waals surface area contributed by atoms with Crippen molar-refractivity contribution in [3.63, 3.8) is 0 Å². The van der Waals surface area contributed by atoms with E-state index in [9.17, 15) is 0 Å². The summed E-state index contributed by atoms with van der Waals surface area (Å²) in [7, 11) is 0. The standard InChI is InChI=1S/C18H18N2O2/c1-2-21-18(19)13-5-3-7-15(11-13)22-17-8-4-6-14-12-20-10-9-16(14)17/h3-11,19-20H,2,12H2,1H3. The van der Waals surface area contributed by atoms with Crippen molar-refractivity contribution in [2.75, 3.05) is 6.61 Å². The lowest BCUT2D eigenvalue weighted by Crippen LogP contribution is -2.10. The second-order valence-electron chi connectivity index (χ2n) is 4.94. The molecule has 22 heavy (non-hydrogen) atoms. The van der Waals surface area contributed by atoms with Crippen LogP contribution in [0.1, 0.15) is 23.6 Å². The SMILES string of the molecule is CCOC(=N)c1cccc(Oc2cccc3c2C=CNC3)c1. The van der Waals surface area contributed by atoms with Crippen molar-refractivity contribution < 1.29 is 9.47 Å². The highest BCUT2D eigenvalue weighted by Crippen LogP contribution is 2.30. The summed E-state index contributed by atoms with van der Waals surface area (Å²) in [6.45, 7) is 3.15. The van der Waals surface area contributed by atoms with Crippen molar-refractivity contribution in [1.82, 2.24) is 5.32 Å². The van der Waals surface area contributed by atoms with Crippen LogP contribution in [0.5, 0.6) is 11.5 Å². The molecule has 1 heterocycles. The van der Waals surface area contributed by atoms with Gasteiger partial charge in [-0.2, -0.15) is 0 Å². The Balaban J connectivity index is 1.87. The zero-order chi connectivity index (χ0) is 15.4. The van der Waals surface area contributed by atoms with Crippen molar-refractivity contribution in [2.24, 2.45) is 0 Å². The molecule has 0 amide bonds. The lowest BCUT2D eigenvalue weighted by molar-refractivity contribution is 0.325. The number of rotatable bonds is 4. The molecule has 0 saturated carbocycles. The first-order valence-corrected chi connectivity index (χ1v) is 7.29. The molecule has 2 aromatic rings. The van der Waals surface area contributed by atoms with E-state index in [1.807, 2.05) is 55.6 Å². The summed E-state index contributed by atoms with van der Waals surface area (Å²) in [5, 5.41) is 11.0. The highest BCUT2D eigenvalue weighted by Gasteiger charge is 2.11. The minimum absolute atomic E-state index is 0.159. The van der Waals surface area contributed by atoms with Gasteiger partial charge in [0.2, 0.25) is 5.90 Å². The van der Waals surface area contributed by atoms with Crippen LogP contribution in [-0.4, -0.2) is 12.5 Å². The monoisotopic (exact) mass is 294 g/mol. The maximum absolute atomic E-state index is 7.86. The molecule has 112 valence electrons. The molecular formula is C18H18N2O2. The normalized spacial score (nSPS) is 12.2. The zero-order valence-corrected chi connectivity index (χ0v) is 12.4. The first-order chi connectivity index (χ1) is 10.8. The molecule has 0 bridgehead atoms. The first-order valence-electron chi connectivity index (χ1n) is 7.29. The van der Waals surface area contributed by atoms with Crippen LogP contribution in [0.3, 0.4) is 0 Å². The van der Waals surface area contributed by atoms with E-state index in [0.29, 0.717) is 17.9 Å². The second kappa shape index (κ2) is 6.35. The van der Waals surface area contributed by atoms with Crippen molar-refractivity contribution in [3.05, 3.63) is 65.4 Å². The van der Waals surface area contributed by atoms with Gasteiger partial charge in [0.15, 0.2) is 0 Å². The fourth-order valence-corrected chi connectivity index (χ4v) is 2.39. The predicted octanol–water partition coefficient (Wildman–Crippen LogP) is 3.91. The van der Waals surface area contributed by atoms with Gasteiger partial charge in [0.1, 0.15) is 11.5 Å². The Labute approximate surface area is 129 Å². The Kier molecular flexibility index (Phi) is 4.10. The van der Waals surface area contributed by atoms with Gasteiger partial charge in [-0.05, 0) is 49.0 Å². The van der Waals surface area contributed by atoms with Crippen LogP contribution in [0, 0.1) is 5.41 Å². The molecule has 0 unspecified atom stereocenters. The summed E-state index contributed by atoms with van der Waals surface area (Å²) in [5.41, 5.74) is 3.01. The molecule has 3 rings (SSSR count). The molecule has 2 N–H and O–H groups in total. The second-order valence-corrected chi connectivity index (χ2v) is 4.94. The van der Waals surface area contributed by atoms with E-state index < -0.39 is 0 Å². The van der Waals surface area contributed by atoms with Crippen molar-refractivity contribution in [2.45, 2.75) is 13.5 Å². The largest absolute Gasteiger partial charge is 0.478 e. The molecule has 0 aliphatic carbocycles. The Hall–Kier alpha value is -2.75. The average molecular weight is 294 g/mol. The molecule has 0 saturated heterocycles. The van der Waals surface area contributed by atoms with Gasteiger partial charge >= 0.3 is 0 Å². The van der Waals surface area contributed by atoms with E-state index in [1.165, 1.54) is 5.56 Å². The third-order valence-electron chi connectivity index (χ3n) is 3.43. The Morgan fingerprint density at radius 2 is 2.09 bits per heavy atom. The van der Waals surface area contributed by atoms with Gasteiger partial charge in [-0.3, -0.25) is 5.41 Å². The van der Waals surface area contributed by atoms with Gasteiger partial charge in [-0.15, -0.1) is 0 Å². The van der Waals surface area contributed by atoms with Gasteiger partial charge in [0.05, 0.1) is 6.61 Å². The Morgan fingerprint density at radius 3 is 2.95 bits per heavy atom. The smallest absolute Gasteiger partial charge is 0.213 e. The van der Waals surface area contributed by atoms with Crippen LogP contribution in [0.2, 0.25) is 0 Å². The summed E-state index contributed by atoms with van der Waals surface area (Å²) in [5.74, 6) is 1.67. The van der Waals surface area contributed by atoms with Crippen LogP contribution in [0.4, 0.5) is 0 Å². The van der Waals surface area contributed by atoms with Crippen LogP contribution >= 0.6 is 0 Å². The van der Waals surface area contributed by atoms with Gasteiger partial charge in [0.25, 0.3) is 0 Å². The molecule has 0 aromatic heterocycles. The lowest BCUT2D eigenvalue weighted by Gasteiger charge is -2.16. The van der Waals surface area contributed by atoms with E-state index in [4.69, 9.17) is 14.9 Å². The van der Waals surface area contributed by atoms with Gasteiger partial charge in [0, 0.05) is 17.7 Å². The molecule has 0 fully saturated rings. The third-order valence-corrected chi connectivity index (χ3v) is 3.43. The zero-order valence-electron chi connectivity index (χ0n) is 12.4. The lowest BCUT2D eigenvalue weighted by atomic mass is 10.0. The van der Waals surface area contributed by atoms with Gasteiger partial charge in [-0.25, -0.2) is 0 Å². The number of fused-ring (bicyclic) bond motifs is 1. The molecule has 1 aliphatic heterocycles. The fraction of sp³-hybridized carbons (Fsp3) is 0.167. The maximum atomic E-state index is 7.86. The van der Waals surface area contributed by atoms with E-state index in [1.54, 1.807) is 0 Å². The van der Waals surface area contributed by atoms with Gasteiger partial charge < -0.3 is 14.8 Å². The van der Waals surface area contributed by atoms with E-state index >= 15 is 0 Å². The van der Waals surface area contributed by atoms with Crippen LogP contribution < -0.4 is 10.1 Å². The highest BCUT2D eigenvalue weighted by atomic mass is 16.5. The van der Waals surface area contributed by atoms with E-state index in [0.717, 1.165) is 17.9 Å². The molecule has 0 spiro atoms. The fourth-order valence-electron chi connectivity index (χ4n) is 2.39. The summed E-state index contributed by atoms with van der Waals surface area (Å²) in [6, 6.07) is 13.4. The average Bonchev–Trinajstić information content (AvgIpc) is 2.56. The molecule has 0 atom stereocenters. The molecular weight excluding hydrogens is 276 g/mol. The third kappa shape index (κ3) is 2.96. The minimum atomic E-state index is 0.159. The van der Waals surface area contributed by atoms with Crippen LogP contribution in [0.25, 0.3) is 6.08 Å². The van der Waals surface area contributed by atoms with Crippen LogP contribution in [0.15, 0.2) is 48.7 Å². The molecule has 1 aliphatic rings. The Bertz CT molecular complexity index is 723. The molecule has 4 nitrogen and oxygen atoms in total. The molecule has 4 heteroatoms. The number of benzene rings is 2. The Morgan fingerprint density at radius 1 is 1.23 bits per heavy atom. The number of hydrogen-bond acceptors (Lipinski definition) is 4. The summed E-state index contributed by atoms with van der Waals surface area (Å²) in [6.07, 6.45) is 3.94. The number of nitrogens with one attached hydrogen (secondary N) is 2. The number of hydrogen-bond donors (Lipinski definition) is 2. The van der Waals surface area contributed by atoms with Crippen molar-refractivity contribution in [3.8, 4) is 11.5 Å². The van der Waals surface area contributed by atoms with Gasteiger partial charge in [-0.1, -0.05) is 18.2 Å². The highest BCUT2D eigenvalue weighted by molar-refractivity contribution is 5.92. The summed E-state index contributed by atoms with van der Waals surface area (Å²) in [4.78, 5) is 0. The molecule has 0 radical (unpaired) electrons. The topological polar surface area (TPSA) is 54.3 Å². The quantitative estimate of drug-likeness (QED) is 0.664. The first kappa shape index (κ1) is 14.2. The van der Waals surface area contributed by atoms with Crippen molar-refractivity contribution >= 4 is 12.0 Å². The predicted molar refractivity (Wildman–Crippen MR) is 87.3 cm³/mol.